The fourth-order valence-corrected chi connectivity index (χ4v) is 3.65. The predicted molar refractivity (Wildman–Crippen MR) is 101 cm³/mol. The van der Waals surface area contributed by atoms with Crippen LogP contribution in [0.5, 0.6) is 0 Å². The van der Waals surface area contributed by atoms with Gasteiger partial charge in [0.15, 0.2) is 0 Å². The number of anilines is 1. The van der Waals surface area contributed by atoms with E-state index < -0.39 is 0 Å². The van der Waals surface area contributed by atoms with Crippen molar-refractivity contribution in [3.63, 3.8) is 0 Å². The summed E-state index contributed by atoms with van der Waals surface area (Å²) in [5.41, 5.74) is 0.776. The highest BCUT2D eigenvalue weighted by Crippen LogP contribution is 2.21. The third kappa shape index (κ3) is 4.82. The van der Waals surface area contributed by atoms with Gasteiger partial charge in [0.25, 0.3) is 5.56 Å². The van der Waals surface area contributed by atoms with Gasteiger partial charge in [-0.2, -0.15) is 5.10 Å². The number of aromatic nitrogens is 2. The summed E-state index contributed by atoms with van der Waals surface area (Å²) in [6.07, 6.45) is 2.75. The first-order valence-electron chi connectivity index (χ1n) is 9.55. The van der Waals surface area contributed by atoms with Gasteiger partial charge in [0.1, 0.15) is 0 Å². The van der Waals surface area contributed by atoms with Gasteiger partial charge in [-0.05, 0) is 18.9 Å². The average molecular weight is 362 g/mol. The van der Waals surface area contributed by atoms with Crippen LogP contribution in [0.4, 0.5) is 5.69 Å². The Balaban J connectivity index is 1.39. The number of rotatable bonds is 6. The lowest BCUT2D eigenvalue weighted by Gasteiger charge is -2.33. The van der Waals surface area contributed by atoms with E-state index in [1.54, 1.807) is 19.3 Å². The Kier molecular flexibility index (Phi) is 6.26. The summed E-state index contributed by atoms with van der Waals surface area (Å²) in [5, 5.41) is 7.17. The fraction of sp³-hybridized carbons (Fsp3) is 0.722. The number of hydrogen-bond acceptors (Lipinski definition) is 6. The molecular weight excluding hydrogens is 332 g/mol. The first kappa shape index (κ1) is 18.8. The van der Waals surface area contributed by atoms with E-state index in [9.17, 15) is 9.59 Å². The highest BCUT2D eigenvalue weighted by molar-refractivity contribution is 5.78. The first-order valence-corrected chi connectivity index (χ1v) is 9.55. The molecule has 8 nitrogen and oxygen atoms in total. The number of nitrogens with zero attached hydrogens (tertiary/aromatic N) is 5. The van der Waals surface area contributed by atoms with Crippen molar-refractivity contribution in [1.29, 1.82) is 0 Å². The highest BCUT2D eigenvalue weighted by Gasteiger charge is 2.24. The number of aryl methyl sites for hydroxylation is 1. The van der Waals surface area contributed by atoms with Crippen molar-refractivity contribution < 1.29 is 4.79 Å². The van der Waals surface area contributed by atoms with Crippen LogP contribution < -0.4 is 15.8 Å². The molecular formula is C18H30N6O2. The van der Waals surface area contributed by atoms with Gasteiger partial charge < -0.3 is 15.1 Å². The molecule has 0 saturated carbocycles. The van der Waals surface area contributed by atoms with Crippen LogP contribution in [0.25, 0.3) is 0 Å². The van der Waals surface area contributed by atoms with Gasteiger partial charge >= 0.3 is 0 Å². The van der Waals surface area contributed by atoms with E-state index in [1.165, 1.54) is 4.68 Å². The van der Waals surface area contributed by atoms with Crippen molar-refractivity contribution >= 4 is 11.6 Å². The second-order valence-electron chi connectivity index (χ2n) is 7.29. The fourth-order valence-electron chi connectivity index (χ4n) is 3.65. The molecule has 2 aliphatic heterocycles. The van der Waals surface area contributed by atoms with E-state index in [1.807, 2.05) is 0 Å². The van der Waals surface area contributed by atoms with Gasteiger partial charge in [0, 0.05) is 58.9 Å². The van der Waals surface area contributed by atoms with Gasteiger partial charge in [-0.15, -0.1) is 0 Å². The molecule has 2 saturated heterocycles. The highest BCUT2D eigenvalue weighted by atomic mass is 16.2. The molecule has 1 atom stereocenters. The zero-order valence-corrected chi connectivity index (χ0v) is 15.9. The monoisotopic (exact) mass is 362 g/mol. The summed E-state index contributed by atoms with van der Waals surface area (Å²) >= 11 is 0. The molecule has 3 rings (SSSR count). The minimum atomic E-state index is -0.0950. The first-order chi connectivity index (χ1) is 12.5. The van der Waals surface area contributed by atoms with Crippen molar-refractivity contribution in [2.75, 3.05) is 63.8 Å². The Morgan fingerprint density at radius 1 is 1.23 bits per heavy atom. The number of hydrogen-bond donors (Lipinski definition) is 1. The maximum absolute atomic E-state index is 12.2. The Hall–Kier alpha value is -1.93. The lowest BCUT2D eigenvalue weighted by atomic mass is 10.1. The molecule has 8 heteroatoms. The third-order valence-electron chi connectivity index (χ3n) is 5.47. The van der Waals surface area contributed by atoms with Gasteiger partial charge in [-0.3, -0.25) is 14.5 Å². The maximum Gasteiger partial charge on any atom is 0.268 e. The summed E-state index contributed by atoms with van der Waals surface area (Å²) in [7, 11) is 1.65. The third-order valence-corrected chi connectivity index (χ3v) is 5.47. The summed E-state index contributed by atoms with van der Waals surface area (Å²) in [6, 6.07) is 1.63. The lowest BCUT2D eigenvalue weighted by Crippen LogP contribution is -2.49. The number of amides is 1. The van der Waals surface area contributed by atoms with E-state index in [4.69, 9.17) is 0 Å². The van der Waals surface area contributed by atoms with E-state index >= 15 is 0 Å². The Labute approximate surface area is 154 Å². The SMILES string of the molecule is CCN1CCN(CC(=O)NCC2CCN(c3cnn(C)c(=O)c3)C2)CC1. The number of carbonyl (C=O) groups is 1. The Morgan fingerprint density at radius 3 is 2.65 bits per heavy atom. The molecule has 1 unspecified atom stereocenters. The van der Waals surface area contributed by atoms with Crippen LogP contribution >= 0.6 is 0 Å². The molecule has 2 aliphatic rings. The Morgan fingerprint density at radius 2 is 1.96 bits per heavy atom. The van der Waals surface area contributed by atoms with Gasteiger partial charge in [0.2, 0.25) is 5.91 Å². The summed E-state index contributed by atoms with van der Waals surface area (Å²) in [6.45, 7) is 10.2. The van der Waals surface area contributed by atoms with E-state index in [2.05, 4.69) is 32.0 Å². The molecule has 26 heavy (non-hydrogen) atoms. The summed E-state index contributed by atoms with van der Waals surface area (Å²) in [5.74, 6) is 0.531. The number of carbonyl (C=O) groups excluding carboxylic acids is 1. The molecule has 1 N–H and O–H groups in total. The van der Waals surface area contributed by atoms with Crippen molar-refractivity contribution in [3.05, 3.63) is 22.6 Å². The van der Waals surface area contributed by atoms with Crippen LogP contribution in [-0.4, -0.2) is 84.4 Å². The number of likely N-dealkylation sites (N-methyl/N-ethyl adjacent to an activating group) is 1. The second-order valence-corrected chi connectivity index (χ2v) is 7.29. The average Bonchev–Trinajstić information content (AvgIpc) is 3.12. The zero-order valence-electron chi connectivity index (χ0n) is 15.9. The lowest BCUT2D eigenvalue weighted by molar-refractivity contribution is -0.122. The number of nitrogens with one attached hydrogen (secondary N) is 1. The molecule has 0 spiro atoms. The summed E-state index contributed by atoms with van der Waals surface area (Å²) in [4.78, 5) is 30.8. The van der Waals surface area contributed by atoms with Gasteiger partial charge in [-0.25, -0.2) is 4.68 Å². The molecule has 1 amide bonds. The number of piperazine rings is 1. The molecule has 144 valence electrons. The topological polar surface area (TPSA) is 73.7 Å². The molecule has 0 radical (unpaired) electrons. The molecule has 0 aliphatic carbocycles. The smallest absolute Gasteiger partial charge is 0.268 e. The van der Waals surface area contributed by atoms with Crippen LogP contribution in [0, 0.1) is 5.92 Å². The Bertz CT molecular complexity index is 668. The molecule has 1 aromatic heterocycles. The van der Waals surface area contributed by atoms with E-state index in [0.29, 0.717) is 19.0 Å². The maximum atomic E-state index is 12.2. The van der Waals surface area contributed by atoms with Crippen molar-refractivity contribution in [1.82, 2.24) is 24.9 Å². The normalized spacial score (nSPS) is 21.9. The molecule has 3 heterocycles. The second kappa shape index (κ2) is 8.64. The quantitative estimate of drug-likeness (QED) is 0.726. The van der Waals surface area contributed by atoms with E-state index in [-0.39, 0.29) is 11.5 Å². The van der Waals surface area contributed by atoms with Gasteiger partial charge in [0.05, 0.1) is 18.4 Å². The molecule has 0 bridgehead atoms. The molecule has 2 fully saturated rings. The van der Waals surface area contributed by atoms with Crippen LogP contribution in [0.3, 0.4) is 0 Å². The molecule has 1 aromatic rings. The standard InChI is InChI=1S/C18H30N6O2/c1-3-22-6-8-23(9-7-22)14-17(25)19-11-15-4-5-24(13-15)16-10-18(26)21(2)20-12-16/h10,12,15H,3-9,11,13-14H2,1-2H3,(H,19,25). The van der Waals surface area contributed by atoms with Crippen LogP contribution in [0.2, 0.25) is 0 Å². The largest absolute Gasteiger partial charge is 0.370 e. The van der Waals surface area contributed by atoms with E-state index in [0.717, 1.165) is 57.9 Å². The van der Waals surface area contributed by atoms with Crippen molar-refractivity contribution in [3.8, 4) is 0 Å². The van der Waals surface area contributed by atoms with Crippen LogP contribution in [0.1, 0.15) is 13.3 Å². The van der Waals surface area contributed by atoms with Crippen LogP contribution in [0.15, 0.2) is 17.1 Å². The van der Waals surface area contributed by atoms with Gasteiger partial charge in [-0.1, -0.05) is 6.92 Å². The minimum Gasteiger partial charge on any atom is -0.370 e. The summed E-state index contributed by atoms with van der Waals surface area (Å²) < 4.78 is 1.33. The van der Waals surface area contributed by atoms with Crippen LogP contribution in [-0.2, 0) is 11.8 Å². The zero-order chi connectivity index (χ0) is 18.5. The predicted octanol–water partition coefficient (Wildman–Crippen LogP) is -0.640. The van der Waals surface area contributed by atoms with Crippen molar-refractivity contribution in [2.24, 2.45) is 13.0 Å². The van der Waals surface area contributed by atoms with Crippen molar-refractivity contribution in [2.45, 2.75) is 13.3 Å². The minimum absolute atomic E-state index is 0.0950. The molecule has 0 aromatic carbocycles.